The number of nitrogens with one attached hydrogen (secondary N) is 1. The molecular weight excluding hydrogens is 354 g/mol. The minimum atomic E-state index is -0.0435. The lowest BCUT2D eigenvalue weighted by atomic mass is 10.1. The molecule has 1 saturated heterocycles. The number of aryl methyl sites for hydroxylation is 1. The van der Waals surface area contributed by atoms with Gasteiger partial charge in [0.25, 0.3) is 5.91 Å². The van der Waals surface area contributed by atoms with Crippen LogP contribution in [0.4, 0.5) is 5.69 Å². The number of amides is 1. The van der Waals surface area contributed by atoms with E-state index in [-0.39, 0.29) is 5.91 Å². The average Bonchev–Trinajstić information content (AvgIpc) is 2.98. The first-order valence-electron chi connectivity index (χ1n) is 9.83. The fourth-order valence-electron chi connectivity index (χ4n) is 3.64. The van der Waals surface area contributed by atoms with Crippen molar-refractivity contribution < 1.29 is 9.53 Å². The third kappa shape index (κ3) is 4.54. The van der Waals surface area contributed by atoms with Crippen LogP contribution in [0.1, 0.15) is 27.3 Å². The number of carbonyl (C=O) groups excluding carboxylic acids is 1. The first-order chi connectivity index (χ1) is 13.5. The highest BCUT2D eigenvalue weighted by atomic mass is 16.5. The van der Waals surface area contributed by atoms with Gasteiger partial charge >= 0.3 is 0 Å². The van der Waals surface area contributed by atoms with E-state index in [0.717, 1.165) is 54.4 Å². The number of para-hydroxylation sites is 1. The maximum Gasteiger partial charge on any atom is 0.253 e. The standard InChI is InChI=1S/C21H31N5O2/c1-16-19(17(2)26(23-16)13-14-28-4)15-22-21(27)18-7-5-6-8-20(18)25-11-9-24(3)10-12-25/h5-8H,9-15H2,1-4H3,(H,22,27). The molecule has 2 heterocycles. The Morgan fingerprint density at radius 2 is 1.89 bits per heavy atom. The van der Waals surface area contributed by atoms with Gasteiger partial charge in [0.15, 0.2) is 0 Å². The zero-order chi connectivity index (χ0) is 20.1. The van der Waals surface area contributed by atoms with E-state index < -0.39 is 0 Å². The average molecular weight is 386 g/mol. The zero-order valence-corrected chi connectivity index (χ0v) is 17.4. The Balaban J connectivity index is 1.70. The highest BCUT2D eigenvalue weighted by molar-refractivity contribution is 5.99. The lowest BCUT2D eigenvalue weighted by Crippen LogP contribution is -2.45. The molecule has 2 aromatic rings. The van der Waals surface area contributed by atoms with Crippen LogP contribution >= 0.6 is 0 Å². The molecule has 1 fully saturated rings. The van der Waals surface area contributed by atoms with Crippen molar-refractivity contribution in [2.75, 3.05) is 51.8 Å². The maximum absolute atomic E-state index is 13.0. The Morgan fingerprint density at radius 3 is 2.61 bits per heavy atom. The van der Waals surface area contributed by atoms with E-state index in [1.165, 1.54) is 0 Å². The van der Waals surface area contributed by atoms with Crippen LogP contribution in [-0.2, 0) is 17.8 Å². The molecule has 0 saturated carbocycles. The molecule has 3 rings (SSSR count). The SMILES string of the molecule is COCCn1nc(C)c(CNC(=O)c2ccccc2N2CCN(C)CC2)c1C. The van der Waals surface area contributed by atoms with Crippen molar-refractivity contribution >= 4 is 11.6 Å². The van der Waals surface area contributed by atoms with Gasteiger partial charge in [0.05, 0.1) is 24.4 Å². The Hall–Kier alpha value is -2.38. The number of hydrogen-bond acceptors (Lipinski definition) is 5. The number of likely N-dealkylation sites (N-methyl/N-ethyl adjacent to an activating group) is 1. The van der Waals surface area contributed by atoms with Crippen molar-refractivity contribution in [1.29, 1.82) is 0 Å². The summed E-state index contributed by atoms with van der Waals surface area (Å²) in [7, 11) is 3.82. The third-order valence-corrected chi connectivity index (χ3v) is 5.46. The molecule has 7 nitrogen and oxygen atoms in total. The van der Waals surface area contributed by atoms with Gasteiger partial charge in [-0.05, 0) is 33.0 Å². The second-order valence-electron chi connectivity index (χ2n) is 7.36. The second kappa shape index (κ2) is 9.21. The highest BCUT2D eigenvalue weighted by Crippen LogP contribution is 2.22. The molecule has 28 heavy (non-hydrogen) atoms. The quantitative estimate of drug-likeness (QED) is 0.788. The van der Waals surface area contributed by atoms with E-state index in [1.54, 1.807) is 7.11 Å². The molecular formula is C21H31N5O2. The van der Waals surface area contributed by atoms with E-state index >= 15 is 0 Å². The Labute approximate surface area is 167 Å². The zero-order valence-electron chi connectivity index (χ0n) is 17.4. The molecule has 0 spiro atoms. The number of carbonyl (C=O) groups is 1. The van der Waals surface area contributed by atoms with Gasteiger partial charge in [-0.15, -0.1) is 0 Å². The van der Waals surface area contributed by atoms with E-state index in [0.29, 0.717) is 19.7 Å². The van der Waals surface area contributed by atoms with Gasteiger partial charge in [0.1, 0.15) is 0 Å². The fourth-order valence-corrected chi connectivity index (χ4v) is 3.64. The molecule has 0 unspecified atom stereocenters. The van der Waals surface area contributed by atoms with E-state index in [1.807, 2.05) is 42.8 Å². The van der Waals surface area contributed by atoms with Crippen LogP contribution in [0.25, 0.3) is 0 Å². The molecule has 1 aliphatic rings. The molecule has 1 aromatic carbocycles. The van der Waals surface area contributed by atoms with E-state index in [9.17, 15) is 4.79 Å². The maximum atomic E-state index is 13.0. The number of piperazine rings is 1. The van der Waals surface area contributed by atoms with Gasteiger partial charge < -0.3 is 19.9 Å². The number of aromatic nitrogens is 2. The number of anilines is 1. The summed E-state index contributed by atoms with van der Waals surface area (Å²) in [5, 5.41) is 7.66. The largest absolute Gasteiger partial charge is 0.383 e. The van der Waals surface area contributed by atoms with Crippen LogP contribution in [0.5, 0.6) is 0 Å². The minimum Gasteiger partial charge on any atom is -0.383 e. The molecule has 0 bridgehead atoms. The summed E-state index contributed by atoms with van der Waals surface area (Å²) in [6.45, 7) is 9.71. The number of ether oxygens (including phenoxy) is 1. The lowest BCUT2D eigenvalue weighted by Gasteiger charge is -2.35. The minimum absolute atomic E-state index is 0.0435. The smallest absolute Gasteiger partial charge is 0.253 e. The number of hydrogen-bond donors (Lipinski definition) is 1. The summed E-state index contributed by atoms with van der Waals surface area (Å²) in [5.41, 5.74) is 4.83. The molecule has 1 N–H and O–H groups in total. The third-order valence-electron chi connectivity index (χ3n) is 5.46. The first-order valence-corrected chi connectivity index (χ1v) is 9.83. The molecule has 0 atom stereocenters. The van der Waals surface area contributed by atoms with Crippen LogP contribution in [0.3, 0.4) is 0 Å². The molecule has 7 heteroatoms. The first kappa shape index (κ1) is 20.4. The van der Waals surface area contributed by atoms with Crippen LogP contribution in [0, 0.1) is 13.8 Å². The van der Waals surface area contributed by atoms with Crippen LogP contribution < -0.4 is 10.2 Å². The van der Waals surface area contributed by atoms with Gasteiger partial charge in [0, 0.05) is 56.8 Å². The Kier molecular flexibility index (Phi) is 6.70. The lowest BCUT2D eigenvalue weighted by molar-refractivity contribution is 0.0951. The number of rotatable bonds is 7. The summed E-state index contributed by atoms with van der Waals surface area (Å²) in [5.74, 6) is -0.0435. The molecule has 1 aromatic heterocycles. The molecule has 1 aliphatic heterocycles. The van der Waals surface area contributed by atoms with Crippen molar-refractivity contribution in [2.45, 2.75) is 26.9 Å². The van der Waals surface area contributed by atoms with E-state index in [2.05, 4.69) is 27.3 Å². The van der Waals surface area contributed by atoms with Crippen LogP contribution in [0.2, 0.25) is 0 Å². The molecule has 0 aliphatic carbocycles. The van der Waals surface area contributed by atoms with Gasteiger partial charge in [-0.1, -0.05) is 12.1 Å². The summed E-state index contributed by atoms with van der Waals surface area (Å²) < 4.78 is 7.09. The fraction of sp³-hybridized carbons (Fsp3) is 0.524. The van der Waals surface area contributed by atoms with Crippen molar-refractivity contribution in [1.82, 2.24) is 20.0 Å². The monoisotopic (exact) mass is 385 g/mol. The van der Waals surface area contributed by atoms with E-state index in [4.69, 9.17) is 4.74 Å². The van der Waals surface area contributed by atoms with Gasteiger partial charge in [-0.2, -0.15) is 5.10 Å². The van der Waals surface area contributed by atoms with Crippen molar-refractivity contribution in [2.24, 2.45) is 0 Å². The highest BCUT2D eigenvalue weighted by Gasteiger charge is 2.20. The number of benzene rings is 1. The Bertz CT molecular complexity index is 809. The molecule has 152 valence electrons. The summed E-state index contributed by atoms with van der Waals surface area (Å²) in [6.07, 6.45) is 0. The predicted octanol–water partition coefficient (Wildman–Crippen LogP) is 1.83. The van der Waals surface area contributed by atoms with Crippen LogP contribution in [0.15, 0.2) is 24.3 Å². The summed E-state index contributed by atoms with van der Waals surface area (Å²) in [4.78, 5) is 17.6. The molecule has 1 amide bonds. The number of methoxy groups -OCH3 is 1. The van der Waals surface area contributed by atoms with Gasteiger partial charge in [0.2, 0.25) is 0 Å². The predicted molar refractivity (Wildman–Crippen MR) is 111 cm³/mol. The van der Waals surface area contributed by atoms with Crippen molar-refractivity contribution in [3.05, 3.63) is 46.8 Å². The summed E-state index contributed by atoms with van der Waals surface area (Å²) in [6, 6.07) is 7.87. The topological polar surface area (TPSA) is 62.6 Å². The number of nitrogens with zero attached hydrogens (tertiary/aromatic N) is 4. The van der Waals surface area contributed by atoms with Crippen LogP contribution in [-0.4, -0.2) is 67.5 Å². The second-order valence-corrected chi connectivity index (χ2v) is 7.36. The van der Waals surface area contributed by atoms with Crippen molar-refractivity contribution in [3.8, 4) is 0 Å². The van der Waals surface area contributed by atoms with Gasteiger partial charge in [-0.3, -0.25) is 9.48 Å². The van der Waals surface area contributed by atoms with Crippen molar-refractivity contribution in [3.63, 3.8) is 0 Å². The van der Waals surface area contributed by atoms with Gasteiger partial charge in [-0.25, -0.2) is 0 Å². The normalized spacial score (nSPS) is 15.1. The summed E-state index contributed by atoms with van der Waals surface area (Å²) >= 11 is 0. The molecule has 0 radical (unpaired) electrons. The Morgan fingerprint density at radius 1 is 1.18 bits per heavy atom.